The zero-order chi connectivity index (χ0) is 16.8. The lowest BCUT2D eigenvalue weighted by atomic mass is 10.0. The van der Waals surface area contributed by atoms with E-state index in [4.69, 9.17) is 0 Å². The highest BCUT2D eigenvalue weighted by Crippen LogP contribution is 2.46. The Hall–Kier alpha value is -0.180. The predicted octanol–water partition coefficient (Wildman–Crippen LogP) is 6.51. The second kappa shape index (κ2) is 14.2. The molecular formula is C20H38O2S. The van der Waals surface area contributed by atoms with Crippen LogP contribution in [0, 0.1) is 0 Å². The molecule has 2 unspecified atom stereocenters. The SMILES string of the molecule is CCC1SC1CCCCCCCCCCCCCCC(=O)OC. The molecule has 1 heterocycles. The zero-order valence-electron chi connectivity index (χ0n) is 15.5. The molecule has 0 spiro atoms. The first-order valence-corrected chi connectivity index (χ1v) is 10.9. The summed E-state index contributed by atoms with van der Waals surface area (Å²) in [5, 5.41) is 2.03. The summed E-state index contributed by atoms with van der Waals surface area (Å²) < 4.78 is 4.64. The van der Waals surface area contributed by atoms with Crippen molar-refractivity contribution in [2.45, 2.75) is 114 Å². The van der Waals surface area contributed by atoms with Gasteiger partial charge in [-0.1, -0.05) is 77.6 Å². The standard InChI is InChI=1S/C20H38O2S/c1-3-18-19(23-18)16-14-12-10-8-6-4-5-7-9-11-13-15-17-20(21)22-2/h18-19H,3-17H2,1-2H3. The van der Waals surface area contributed by atoms with Crippen LogP contribution in [0.15, 0.2) is 0 Å². The van der Waals surface area contributed by atoms with Gasteiger partial charge in [-0.3, -0.25) is 4.79 Å². The Balaban J connectivity index is 1.66. The van der Waals surface area contributed by atoms with Crippen molar-refractivity contribution in [2.24, 2.45) is 0 Å². The topological polar surface area (TPSA) is 26.3 Å². The Labute approximate surface area is 148 Å². The molecule has 1 aliphatic heterocycles. The molecule has 0 saturated carbocycles. The minimum atomic E-state index is -0.0638. The largest absolute Gasteiger partial charge is 0.469 e. The van der Waals surface area contributed by atoms with Gasteiger partial charge in [0.15, 0.2) is 0 Å². The summed E-state index contributed by atoms with van der Waals surface area (Å²) in [4.78, 5) is 11.0. The molecule has 1 aliphatic rings. The first-order valence-electron chi connectivity index (χ1n) is 10.00. The van der Waals surface area contributed by atoms with E-state index in [2.05, 4.69) is 23.4 Å². The Bertz CT molecular complexity index is 293. The van der Waals surface area contributed by atoms with Crippen molar-refractivity contribution >= 4 is 17.7 Å². The maximum Gasteiger partial charge on any atom is 0.305 e. The van der Waals surface area contributed by atoms with E-state index in [1.165, 1.54) is 90.6 Å². The summed E-state index contributed by atoms with van der Waals surface area (Å²) >= 11 is 2.20. The third-order valence-corrected chi connectivity index (χ3v) is 6.55. The summed E-state index contributed by atoms with van der Waals surface area (Å²) in [6.07, 6.45) is 19.6. The third kappa shape index (κ3) is 11.9. The van der Waals surface area contributed by atoms with Crippen LogP contribution in [0.25, 0.3) is 0 Å². The Morgan fingerprint density at radius 3 is 1.70 bits per heavy atom. The van der Waals surface area contributed by atoms with Gasteiger partial charge in [-0.2, -0.15) is 11.8 Å². The minimum absolute atomic E-state index is 0.0638. The first-order chi connectivity index (χ1) is 11.3. The van der Waals surface area contributed by atoms with Gasteiger partial charge in [-0.05, 0) is 19.3 Å². The summed E-state index contributed by atoms with van der Waals surface area (Å²) in [5.74, 6) is -0.0638. The number of carbonyl (C=O) groups is 1. The second-order valence-electron chi connectivity index (χ2n) is 6.98. The lowest BCUT2D eigenvalue weighted by Crippen LogP contribution is -1.99. The number of thioether (sulfide) groups is 1. The molecule has 0 aromatic heterocycles. The average Bonchev–Trinajstić information content (AvgIpc) is 3.33. The van der Waals surface area contributed by atoms with Gasteiger partial charge in [0, 0.05) is 16.9 Å². The molecule has 0 aliphatic carbocycles. The average molecular weight is 343 g/mol. The fourth-order valence-electron chi connectivity index (χ4n) is 3.28. The highest BCUT2D eigenvalue weighted by atomic mass is 32.2. The molecule has 0 bridgehead atoms. The van der Waals surface area contributed by atoms with Crippen LogP contribution in [0.5, 0.6) is 0 Å². The Morgan fingerprint density at radius 1 is 0.783 bits per heavy atom. The highest BCUT2D eigenvalue weighted by molar-refractivity contribution is 8.07. The Kier molecular flexibility index (Phi) is 12.9. The summed E-state index contributed by atoms with van der Waals surface area (Å²) in [6, 6.07) is 0. The van der Waals surface area contributed by atoms with Gasteiger partial charge < -0.3 is 4.74 Å². The van der Waals surface area contributed by atoms with Crippen LogP contribution in [0.3, 0.4) is 0 Å². The number of methoxy groups -OCH3 is 1. The lowest BCUT2D eigenvalue weighted by Gasteiger charge is -2.03. The molecule has 0 amide bonds. The van der Waals surface area contributed by atoms with Crippen molar-refractivity contribution in [3.05, 3.63) is 0 Å². The van der Waals surface area contributed by atoms with Gasteiger partial charge in [-0.25, -0.2) is 0 Å². The number of ether oxygens (including phenoxy) is 1. The molecule has 2 atom stereocenters. The van der Waals surface area contributed by atoms with Crippen LogP contribution in [-0.4, -0.2) is 23.6 Å². The number of hydrogen-bond acceptors (Lipinski definition) is 3. The van der Waals surface area contributed by atoms with Crippen molar-refractivity contribution in [3.63, 3.8) is 0 Å². The van der Waals surface area contributed by atoms with E-state index in [0.29, 0.717) is 6.42 Å². The van der Waals surface area contributed by atoms with E-state index in [-0.39, 0.29) is 5.97 Å². The molecule has 0 aromatic carbocycles. The summed E-state index contributed by atoms with van der Waals surface area (Å²) in [6.45, 7) is 2.32. The fourth-order valence-corrected chi connectivity index (χ4v) is 4.46. The van der Waals surface area contributed by atoms with Gasteiger partial charge >= 0.3 is 5.97 Å². The minimum Gasteiger partial charge on any atom is -0.469 e. The van der Waals surface area contributed by atoms with E-state index in [1.807, 2.05) is 0 Å². The molecule has 1 saturated heterocycles. The van der Waals surface area contributed by atoms with Gasteiger partial charge in [0.05, 0.1) is 7.11 Å². The van der Waals surface area contributed by atoms with Crippen LogP contribution in [0.2, 0.25) is 0 Å². The smallest absolute Gasteiger partial charge is 0.305 e. The summed E-state index contributed by atoms with van der Waals surface area (Å²) in [5.41, 5.74) is 0. The van der Waals surface area contributed by atoms with Crippen molar-refractivity contribution in [1.82, 2.24) is 0 Å². The molecule has 23 heavy (non-hydrogen) atoms. The molecule has 1 fully saturated rings. The maximum atomic E-state index is 11.0. The molecule has 0 radical (unpaired) electrons. The van der Waals surface area contributed by atoms with E-state index in [1.54, 1.807) is 0 Å². The molecule has 2 nitrogen and oxygen atoms in total. The van der Waals surface area contributed by atoms with E-state index in [0.717, 1.165) is 16.9 Å². The van der Waals surface area contributed by atoms with Gasteiger partial charge in [0.2, 0.25) is 0 Å². The fraction of sp³-hybridized carbons (Fsp3) is 0.950. The van der Waals surface area contributed by atoms with Crippen LogP contribution < -0.4 is 0 Å². The molecule has 1 rings (SSSR count). The monoisotopic (exact) mass is 342 g/mol. The molecule has 3 heteroatoms. The van der Waals surface area contributed by atoms with Crippen molar-refractivity contribution in [3.8, 4) is 0 Å². The molecule has 0 N–H and O–H groups in total. The number of carbonyl (C=O) groups excluding carboxylic acids is 1. The zero-order valence-corrected chi connectivity index (χ0v) is 16.3. The van der Waals surface area contributed by atoms with Crippen molar-refractivity contribution < 1.29 is 9.53 Å². The number of esters is 1. The van der Waals surface area contributed by atoms with Crippen LogP contribution >= 0.6 is 11.8 Å². The molecular weight excluding hydrogens is 304 g/mol. The van der Waals surface area contributed by atoms with Crippen molar-refractivity contribution in [2.75, 3.05) is 7.11 Å². The highest BCUT2D eigenvalue weighted by Gasteiger charge is 2.35. The van der Waals surface area contributed by atoms with Gasteiger partial charge in [0.25, 0.3) is 0 Å². The maximum absolute atomic E-state index is 11.0. The van der Waals surface area contributed by atoms with E-state index < -0.39 is 0 Å². The first kappa shape index (κ1) is 20.9. The van der Waals surface area contributed by atoms with Crippen LogP contribution in [0.4, 0.5) is 0 Å². The number of hydrogen-bond donors (Lipinski definition) is 0. The molecule has 0 aromatic rings. The summed E-state index contributed by atoms with van der Waals surface area (Å²) in [7, 11) is 1.47. The number of unbranched alkanes of at least 4 members (excludes halogenated alkanes) is 11. The third-order valence-electron chi connectivity index (χ3n) is 4.94. The van der Waals surface area contributed by atoms with E-state index in [9.17, 15) is 4.79 Å². The second-order valence-corrected chi connectivity index (χ2v) is 8.46. The van der Waals surface area contributed by atoms with Gasteiger partial charge in [-0.15, -0.1) is 0 Å². The number of rotatable bonds is 16. The quantitative estimate of drug-likeness (QED) is 0.181. The van der Waals surface area contributed by atoms with Gasteiger partial charge in [0.1, 0.15) is 0 Å². The molecule has 136 valence electrons. The lowest BCUT2D eigenvalue weighted by molar-refractivity contribution is -0.140. The van der Waals surface area contributed by atoms with Crippen LogP contribution in [-0.2, 0) is 9.53 Å². The normalized spacial score (nSPS) is 19.7. The van der Waals surface area contributed by atoms with E-state index >= 15 is 0 Å². The predicted molar refractivity (Wildman–Crippen MR) is 102 cm³/mol. The van der Waals surface area contributed by atoms with Crippen molar-refractivity contribution in [1.29, 1.82) is 0 Å². The Morgan fingerprint density at radius 2 is 1.26 bits per heavy atom. The van der Waals surface area contributed by atoms with Crippen LogP contribution in [0.1, 0.15) is 103 Å².